The molecule has 0 aliphatic rings. The molecule has 0 saturated carbocycles. The second-order valence-electron chi connectivity index (χ2n) is 7.15. The van der Waals surface area contributed by atoms with Gasteiger partial charge in [0.15, 0.2) is 0 Å². The van der Waals surface area contributed by atoms with Gasteiger partial charge in [-0.15, -0.1) is 0 Å². The molecule has 0 atom stereocenters. The summed E-state index contributed by atoms with van der Waals surface area (Å²) in [5, 5.41) is 9.76. The van der Waals surface area contributed by atoms with Crippen LogP contribution in [0.4, 0.5) is 0 Å². The number of fused-ring (bicyclic) bond motifs is 2. The lowest BCUT2D eigenvalue weighted by Gasteiger charge is -2.02. The first-order valence-corrected chi connectivity index (χ1v) is 9.49. The maximum absolute atomic E-state index is 4.57. The van der Waals surface area contributed by atoms with Crippen LogP contribution >= 0.6 is 0 Å². The van der Waals surface area contributed by atoms with Gasteiger partial charge in [0.2, 0.25) is 0 Å². The molecule has 5 heterocycles. The van der Waals surface area contributed by atoms with E-state index >= 15 is 0 Å². The molecule has 0 radical (unpaired) electrons. The third-order valence-electron chi connectivity index (χ3n) is 5.19. The first kappa shape index (κ1) is 16.6. The second kappa shape index (κ2) is 6.35. The third-order valence-corrected chi connectivity index (χ3v) is 5.19. The van der Waals surface area contributed by atoms with E-state index < -0.39 is 0 Å². The van der Waals surface area contributed by atoms with Crippen LogP contribution in [0.2, 0.25) is 0 Å². The van der Waals surface area contributed by atoms with Gasteiger partial charge in [-0.2, -0.15) is 5.10 Å². The molecule has 0 fully saturated rings. The Hall–Kier alpha value is -4.33. The Kier molecular flexibility index (Phi) is 3.51. The van der Waals surface area contributed by atoms with E-state index in [1.54, 1.807) is 24.9 Å². The fourth-order valence-electron chi connectivity index (χ4n) is 3.75. The number of hydrogen-bond donors (Lipinski definition) is 2. The van der Waals surface area contributed by atoms with Gasteiger partial charge >= 0.3 is 0 Å². The van der Waals surface area contributed by atoms with Gasteiger partial charge in [-0.05, 0) is 25.1 Å². The predicted molar refractivity (Wildman–Crippen MR) is 114 cm³/mol. The van der Waals surface area contributed by atoms with E-state index in [1.165, 1.54) is 0 Å². The van der Waals surface area contributed by atoms with Gasteiger partial charge in [-0.25, -0.2) is 4.98 Å². The minimum atomic E-state index is 0.824. The molecule has 144 valence electrons. The van der Waals surface area contributed by atoms with E-state index in [0.29, 0.717) is 0 Å². The zero-order valence-electron chi connectivity index (χ0n) is 16.0. The van der Waals surface area contributed by atoms with E-state index in [-0.39, 0.29) is 0 Å². The van der Waals surface area contributed by atoms with Crippen molar-refractivity contribution in [2.24, 2.45) is 0 Å². The lowest BCUT2D eigenvalue weighted by Crippen LogP contribution is -1.91. The van der Waals surface area contributed by atoms with Crippen LogP contribution in [0, 0.1) is 6.92 Å². The van der Waals surface area contributed by atoms with Crippen molar-refractivity contribution in [3.05, 3.63) is 73.5 Å². The van der Waals surface area contributed by atoms with Gasteiger partial charge in [-0.3, -0.25) is 20.1 Å². The number of H-pyrrole nitrogens is 2. The highest BCUT2D eigenvalue weighted by atomic mass is 15.1. The smallest absolute Gasteiger partial charge is 0.116 e. The Morgan fingerprint density at radius 2 is 1.87 bits per heavy atom. The molecular weight excluding hydrogens is 376 g/mol. The van der Waals surface area contributed by atoms with Crippen LogP contribution < -0.4 is 0 Å². The maximum Gasteiger partial charge on any atom is 0.116 e. The Morgan fingerprint density at radius 3 is 2.70 bits per heavy atom. The van der Waals surface area contributed by atoms with Crippen LogP contribution in [0.1, 0.15) is 5.69 Å². The lowest BCUT2D eigenvalue weighted by atomic mass is 10.1. The van der Waals surface area contributed by atoms with Crippen molar-refractivity contribution in [2.45, 2.75) is 6.92 Å². The van der Waals surface area contributed by atoms with Gasteiger partial charge in [0, 0.05) is 34.9 Å². The average molecular weight is 392 g/mol. The molecule has 8 nitrogen and oxygen atoms in total. The number of rotatable bonds is 3. The van der Waals surface area contributed by atoms with Gasteiger partial charge in [0.25, 0.3) is 0 Å². The topological polar surface area (TPSA) is 101 Å². The first-order chi connectivity index (χ1) is 14.8. The van der Waals surface area contributed by atoms with E-state index in [0.717, 1.165) is 55.8 Å². The Bertz CT molecular complexity index is 1510. The monoisotopic (exact) mass is 392 g/mol. The number of aromatic amines is 2. The molecule has 0 aliphatic heterocycles. The number of nitrogens with one attached hydrogen (secondary N) is 2. The van der Waals surface area contributed by atoms with Crippen LogP contribution in [0.25, 0.3) is 50.1 Å². The number of aryl methyl sites for hydroxylation is 1. The minimum absolute atomic E-state index is 0.824. The SMILES string of the molecule is Cc1cn(-c2cncc3[nH]c(-c4n[nH]c5ccc(-c6cnccn6)cc45)cc23)cn1. The molecule has 6 rings (SSSR count). The zero-order valence-corrected chi connectivity index (χ0v) is 16.0. The highest BCUT2D eigenvalue weighted by Crippen LogP contribution is 2.32. The summed E-state index contributed by atoms with van der Waals surface area (Å²) in [6, 6.07) is 8.22. The van der Waals surface area contributed by atoms with Crippen molar-refractivity contribution >= 4 is 21.8 Å². The quantitative estimate of drug-likeness (QED) is 0.473. The molecule has 8 heteroatoms. The second-order valence-corrected chi connectivity index (χ2v) is 7.15. The number of hydrogen-bond acceptors (Lipinski definition) is 5. The fraction of sp³-hybridized carbons (Fsp3) is 0.0455. The molecule has 1 aromatic carbocycles. The molecule has 0 bridgehead atoms. The molecular formula is C22H16N8. The summed E-state index contributed by atoms with van der Waals surface area (Å²) in [6.45, 7) is 1.97. The van der Waals surface area contributed by atoms with Crippen LogP contribution in [0.5, 0.6) is 0 Å². The van der Waals surface area contributed by atoms with Crippen molar-refractivity contribution in [3.63, 3.8) is 0 Å². The molecule has 6 aromatic rings. The molecule has 30 heavy (non-hydrogen) atoms. The number of aromatic nitrogens is 8. The van der Waals surface area contributed by atoms with Crippen LogP contribution in [0.15, 0.2) is 67.8 Å². The van der Waals surface area contributed by atoms with Crippen LogP contribution in [0.3, 0.4) is 0 Å². The predicted octanol–water partition coefficient (Wildman–Crippen LogP) is 4.06. The largest absolute Gasteiger partial charge is 0.352 e. The molecule has 0 spiro atoms. The molecule has 2 N–H and O–H groups in total. The van der Waals surface area contributed by atoms with Crippen LogP contribution in [-0.4, -0.2) is 39.7 Å². The van der Waals surface area contributed by atoms with E-state index in [9.17, 15) is 0 Å². The summed E-state index contributed by atoms with van der Waals surface area (Å²) >= 11 is 0. The highest BCUT2D eigenvalue weighted by molar-refractivity contribution is 5.99. The van der Waals surface area contributed by atoms with Crippen molar-refractivity contribution in [2.75, 3.05) is 0 Å². The van der Waals surface area contributed by atoms with E-state index in [1.807, 2.05) is 42.2 Å². The molecule has 0 aliphatic carbocycles. The summed E-state index contributed by atoms with van der Waals surface area (Å²) in [5.41, 5.74) is 7.40. The number of imidazole rings is 1. The molecule has 0 saturated heterocycles. The summed E-state index contributed by atoms with van der Waals surface area (Å²) < 4.78 is 1.98. The summed E-state index contributed by atoms with van der Waals surface area (Å²) in [5.74, 6) is 0. The maximum atomic E-state index is 4.57. The summed E-state index contributed by atoms with van der Waals surface area (Å²) in [6.07, 6.45) is 12.6. The van der Waals surface area contributed by atoms with Crippen LogP contribution in [-0.2, 0) is 0 Å². The highest BCUT2D eigenvalue weighted by Gasteiger charge is 2.15. The molecule has 0 unspecified atom stereocenters. The van der Waals surface area contributed by atoms with Crippen molar-refractivity contribution in [1.82, 2.24) is 39.7 Å². The van der Waals surface area contributed by atoms with Crippen molar-refractivity contribution in [1.29, 1.82) is 0 Å². The standard InChI is InChI=1S/C22H16N8/c1-13-11-30(12-26-13)21-10-24-9-20-15(21)7-18(27-20)22-16-6-14(2-3-17(16)28-29-22)19-8-23-4-5-25-19/h2-12,27H,1H3,(H,28,29). The Morgan fingerprint density at radius 1 is 0.900 bits per heavy atom. The van der Waals surface area contributed by atoms with Gasteiger partial charge in [0.1, 0.15) is 5.69 Å². The molecule has 5 aromatic heterocycles. The Balaban J connectivity index is 1.52. The van der Waals surface area contributed by atoms with Crippen molar-refractivity contribution < 1.29 is 0 Å². The third kappa shape index (κ3) is 2.58. The van der Waals surface area contributed by atoms with Gasteiger partial charge in [-0.1, -0.05) is 6.07 Å². The number of benzene rings is 1. The van der Waals surface area contributed by atoms with E-state index in [2.05, 4.69) is 47.2 Å². The summed E-state index contributed by atoms with van der Waals surface area (Å²) in [4.78, 5) is 20.8. The first-order valence-electron chi connectivity index (χ1n) is 9.49. The Labute approximate surface area is 170 Å². The minimum Gasteiger partial charge on any atom is -0.352 e. The molecule has 0 amide bonds. The summed E-state index contributed by atoms with van der Waals surface area (Å²) in [7, 11) is 0. The van der Waals surface area contributed by atoms with Crippen molar-refractivity contribution in [3.8, 4) is 28.3 Å². The fourth-order valence-corrected chi connectivity index (χ4v) is 3.75. The number of nitrogens with zero attached hydrogens (tertiary/aromatic N) is 6. The van der Waals surface area contributed by atoms with E-state index in [4.69, 9.17) is 0 Å². The lowest BCUT2D eigenvalue weighted by molar-refractivity contribution is 1.05. The average Bonchev–Trinajstić information content (AvgIpc) is 3.51. The normalized spacial score (nSPS) is 11.5. The number of pyridine rings is 1. The zero-order chi connectivity index (χ0) is 20.1. The van der Waals surface area contributed by atoms with Gasteiger partial charge < -0.3 is 9.55 Å². The van der Waals surface area contributed by atoms with Gasteiger partial charge in [0.05, 0.1) is 58.7 Å².